The van der Waals surface area contributed by atoms with E-state index in [4.69, 9.17) is 0 Å². The van der Waals surface area contributed by atoms with Crippen LogP contribution >= 0.6 is 0 Å². The van der Waals surface area contributed by atoms with E-state index in [1.54, 1.807) is 0 Å². The lowest BCUT2D eigenvalue weighted by Crippen LogP contribution is -2.02. The van der Waals surface area contributed by atoms with Crippen molar-refractivity contribution in [2.75, 3.05) is 5.32 Å². The molecule has 0 atom stereocenters. The summed E-state index contributed by atoms with van der Waals surface area (Å²) in [6.07, 6.45) is 7.33. The van der Waals surface area contributed by atoms with Gasteiger partial charge in [-0.3, -0.25) is 0 Å². The summed E-state index contributed by atoms with van der Waals surface area (Å²) >= 11 is 0. The molecular formula is C11H12N. The third kappa shape index (κ3) is 1.11. The Hall–Kier alpha value is -1.24. The lowest BCUT2D eigenvalue weighted by molar-refractivity contribution is 1.20. The minimum atomic E-state index is 1.05. The van der Waals surface area contributed by atoms with Crippen LogP contribution in [-0.2, 0) is 6.42 Å². The summed E-state index contributed by atoms with van der Waals surface area (Å²) < 4.78 is 0. The van der Waals surface area contributed by atoms with Crippen molar-refractivity contribution in [3.05, 3.63) is 48.0 Å². The quantitative estimate of drug-likeness (QED) is 0.662. The van der Waals surface area contributed by atoms with E-state index in [9.17, 15) is 0 Å². The van der Waals surface area contributed by atoms with Crippen molar-refractivity contribution in [2.45, 2.75) is 13.3 Å². The highest BCUT2D eigenvalue weighted by molar-refractivity contribution is 5.63. The maximum atomic E-state index is 3.27. The molecule has 0 amide bonds. The predicted molar refractivity (Wildman–Crippen MR) is 52.0 cm³/mol. The zero-order chi connectivity index (χ0) is 8.39. The highest BCUT2D eigenvalue weighted by atomic mass is 14.9. The second kappa shape index (κ2) is 3.02. The molecule has 1 aromatic carbocycles. The predicted octanol–water partition coefficient (Wildman–Crippen LogP) is 2.74. The zero-order valence-corrected chi connectivity index (χ0v) is 7.17. The number of benzene rings is 1. The van der Waals surface area contributed by atoms with E-state index in [0.29, 0.717) is 0 Å². The Balaban J connectivity index is 2.48. The Bertz CT molecular complexity index is 313. The van der Waals surface area contributed by atoms with E-state index in [2.05, 4.69) is 42.9 Å². The summed E-state index contributed by atoms with van der Waals surface area (Å²) in [6, 6.07) is 6.40. The van der Waals surface area contributed by atoms with E-state index >= 15 is 0 Å². The molecule has 1 radical (unpaired) electrons. The highest BCUT2D eigenvalue weighted by Crippen LogP contribution is 2.25. The third-order valence-electron chi connectivity index (χ3n) is 2.18. The van der Waals surface area contributed by atoms with Gasteiger partial charge >= 0.3 is 0 Å². The molecule has 1 nitrogen and oxygen atoms in total. The smallest absolute Gasteiger partial charge is 0.0450 e. The van der Waals surface area contributed by atoms with Crippen molar-refractivity contribution in [1.82, 2.24) is 0 Å². The van der Waals surface area contributed by atoms with Crippen LogP contribution in [0.1, 0.15) is 18.1 Å². The number of hydrogen-bond acceptors (Lipinski definition) is 1. The number of fused-ring (bicyclic) bond motifs is 1. The van der Waals surface area contributed by atoms with Crippen LogP contribution in [0.15, 0.2) is 30.5 Å². The molecule has 1 aliphatic heterocycles. The molecule has 12 heavy (non-hydrogen) atoms. The summed E-state index contributed by atoms with van der Waals surface area (Å²) in [4.78, 5) is 0. The van der Waals surface area contributed by atoms with Crippen molar-refractivity contribution in [3.8, 4) is 0 Å². The van der Waals surface area contributed by atoms with Gasteiger partial charge in [-0.05, 0) is 30.2 Å². The average Bonchev–Trinajstić information content (AvgIpc) is 2.17. The van der Waals surface area contributed by atoms with Crippen molar-refractivity contribution >= 4 is 5.69 Å². The van der Waals surface area contributed by atoms with Crippen LogP contribution in [0.3, 0.4) is 0 Å². The van der Waals surface area contributed by atoms with Crippen LogP contribution < -0.4 is 5.32 Å². The Labute approximate surface area is 73.1 Å². The van der Waals surface area contributed by atoms with E-state index in [1.165, 1.54) is 16.8 Å². The van der Waals surface area contributed by atoms with Gasteiger partial charge in [0.05, 0.1) is 0 Å². The van der Waals surface area contributed by atoms with Gasteiger partial charge in [0.1, 0.15) is 0 Å². The average molecular weight is 158 g/mol. The Morgan fingerprint density at radius 3 is 3.17 bits per heavy atom. The number of nitrogens with one attached hydrogen (secondary N) is 1. The molecule has 1 N–H and O–H groups in total. The fourth-order valence-corrected chi connectivity index (χ4v) is 1.53. The molecule has 0 aromatic heterocycles. The number of para-hydroxylation sites is 1. The molecule has 2 rings (SSSR count). The molecule has 1 aliphatic rings. The van der Waals surface area contributed by atoms with Gasteiger partial charge < -0.3 is 5.32 Å². The topological polar surface area (TPSA) is 12.0 Å². The van der Waals surface area contributed by atoms with Crippen molar-refractivity contribution < 1.29 is 0 Å². The largest absolute Gasteiger partial charge is 0.362 e. The molecule has 0 unspecified atom stereocenters. The highest BCUT2D eigenvalue weighted by Gasteiger charge is 2.06. The second-order valence-electron chi connectivity index (χ2n) is 2.92. The summed E-state index contributed by atoms with van der Waals surface area (Å²) in [5.74, 6) is 0. The lowest BCUT2D eigenvalue weighted by Gasteiger charge is -2.15. The molecule has 1 aromatic rings. The first kappa shape index (κ1) is 7.41. The van der Waals surface area contributed by atoms with E-state index < -0.39 is 0 Å². The molecule has 0 bridgehead atoms. The zero-order valence-electron chi connectivity index (χ0n) is 7.17. The third-order valence-corrected chi connectivity index (χ3v) is 2.18. The van der Waals surface area contributed by atoms with Crippen molar-refractivity contribution in [2.24, 2.45) is 0 Å². The SMILES string of the molecule is C[CH]c1cccc2c1NC=CC2. The second-order valence-corrected chi connectivity index (χ2v) is 2.92. The normalized spacial score (nSPS) is 13.8. The van der Waals surface area contributed by atoms with Crippen LogP contribution in [0.5, 0.6) is 0 Å². The number of allylic oxidation sites excluding steroid dienone is 1. The van der Waals surface area contributed by atoms with Crippen LogP contribution in [0, 0.1) is 6.42 Å². The molecule has 0 aliphatic carbocycles. The summed E-state index contributed by atoms with van der Waals surface area (Å²) in [5.41, 5.74) is 3.94. The fraction of sp³-hybridized carbons (Fsp3) is 0.182. The van der Waals surface area contributed by atoms with Crippen molar-refractivity contribution in [1.29, 1.82) is 0 Å². The van der Waals surface area contributed by atoms with Crippen LogP contribution in [0.2, 0.25) is 0 Å². The minimum Gasteiger partial charge on any atom is -0.362 e. The summed E-state index contributed by atoms with van der Waals surface area (Å²) in [6.45, 7) is 2.07. The van der Waals surface area contributed by atoms with Crippen LogP contribution in [-0.4, -0.2) is 0 Å². The van der Waals surface area contributed by atoms with Gasteiger partial charge in [0, 0.05) is 5.69 Å². The van der Waals surface area contributed by atoms with Crippen LogP contribution in [0.25, 0.3) is 0 Å². The van der Waals surface area contributed by atoms with Crippen molar-refractivity contribution in [3.63, 3.8) is 0 Å². The number of rotatable bonds is 1. The summed E-state index contributed by atoms with van der Waals surface area (Å²) in [7, 11) is 0. The molecular weight excluding hydrogens is 146 g/mol. The van der Waals surface area contributed by atoms with E-state index in [1.807, 2.05) is 6.20 Å². The van der Waals surface area contributed by atoms with Gasteiger partial charge in [-0.2, -0.15) is 0 Å². The van der Waals surface area contributed by atoms with Gasteiger partial charge in [0.2, 0.25) is 0 Å². The van der Waals surface area contributed by atoms with Gasteiger partial charge in [-0.1, -0.05) is 31.2 Å². The van der Waals surface area contributed by atoms with Gasteiger partial charge in [0.25, 0.3) is 0 Å². The molecule has 1 heterocycles. The Morgan fingerprint density at radius 1 is 1.42 bits per heavy atom. The first-order valence-electron chi connectivity index (χ1n) is 4.24. The maximum absolute atomic E-state index is 3.27. The summed E-state index contributed by atoms with van der Waals surface area (Å²) in [5, 5.41) is 3.27. The molecule has 0 fully saturated rings. The van der Waals surface area contributed by atoms with E-state index in [0.717, 1.165) is 6.42 Å². The monoisotopic (exact) mass is 158 g/mol. The van der Waals surface area contributed by atoms with E-state index in [-0.39, 0.29) is 0 Å². The Morgan fingerprint density at radius 2 is 2.33 bits per heavy atom. The van der Waals surface area contributed by atoms with Crippen LogP contribution in [0.4, 0.5) is 5.69 Å². The minimum absolute atomic E-state index is 1.05. The molecule has 61 valence electrons. The molecule has 0 saturated heterocycles. The first-order valence-corrected chi connectivity index (χ1v) is 4.24. The first-order chi connectivity index (χ1) is 5.92. The number of anilines is 1. The molecule has 0 saturated carbocycles. The molecule has 1 heteroatoms. The van der Waals surface area contributed by atoms with Gasteiger partial charge in [0.15, 0.2) is 0 Å². The maximum Gasteiger partial charge on any atom is 0.0450 e. The molecule has 0 spiro atoms. The standard InChI is InChI=1S/C11H12N/c1-2-9-5-3-6-10-7-4-8-12-11(9)10/h2-6,8,12H,7H2,1H3. The van der Waals surface area contributed by atoms with Gasteiger partial charge in [-0.25, -0.2) is 0 Å². The van der Waals surface area contributed by atoms with Gasteiger partial charge in [-0.15, -0.1) is 0 Å². The lowest BCUT2D eigenvalue weighted by atomic mass is 10.0. The number of hydrogen-bond donors (Lipinski definition) is 1. The Kier molecular flexibility index (Phi) is 1.86. The fourth-order valence-electron chi connectivity index (χ4n) is 1.53.